The van der Waals surface area contributed by atoms with E-state index in [2.05, 4.69) is 5.10 Å². The summed E-state index contributed by atoms with van der Waals surface area (Å²) in [7, 11) is 1.61. The van der Waals surface area contributed by atoms with Gasteiger partial charge in [-0.3, -0.25) is 4.68 Å². The molecule has 94 valence electrons. The molecule has 0 fully saturated rings. The van der Waals surface area contributed by atoms with E-state index >= 15 is 0 Å². The number of aromatic nitrogens is 2. The first-order valence-electron chi connectivity index (χ1n) is 5.17. The maximum atomic E-state index is 10.8. The van der Waals surface area contributed by atoms with Crippen LogP contribution in [0.2, 0.25) is 5.02 Å². The fraction of sp³-hybridized carbons (Fsp3) is 0.167. The lowest BCUT2D eigenvalue weighted by Gasteiger charge is -2.08. The third kappa shape index (κ3) is 1.93. The lowest BCUT2D eigenvalue weighted by Crippen LogP contribution is -1.99. The first kappa shape index (κ1) is 12.4. The van der Waals surface area contributed by atoms with Crippen LogP contribution in [-0.4, -0.2) is 26.0 Å². The Labute approximate surface area is 108 Å². The van der Waals surface area contributed by atoms with Crippen LogP contribution in [0.15, 0.2) is 18.2 Å². The molecule has 2 aromatic rings. The molecule has 0 amide bonds. The highest BCUT2D eigenvalue weighted by Gasteiger charge is 2.17. The first-order valence-corrected chi connectivity index (χ1v) is 5.55. The minimum Gasteiger partial charge on any atom is -0.506 e. The fourth-order valence-electron chi connectivity index (χ4n) is 1.70. The van der Waals surface area contributed by atoms with Gasteiger partial charge in [0.15, 0.2) is 5.69 Å². The van der Waals surface area contributed by atoms with Gasteiger partial charge in [-0.25, -0.2) is 4.79 Å². The molecule has 0 aliphatic heterocycles. The van der Waals surface area contributed by atoms with Crippen LogP contribution in [0.3, 0.4) is 0 Å². The van der Waals surface area contributed by atoms with Crippen LogP contribution in [0.1, 0.15) is 16.1 Å². The van der Waals surface area contributed by atoms with Crippen molar-refractivity contribution in [2.75, 3.05) is 0 Å². The Balaban J connectivity index is 2.62. The monoisotopic (exact) mass is 266 g/mol. The van der Waals surface area contributed by atoms with Crippen LogP contribution >= 0.6 is 11.6 Å². The van der Waals surface area contributed by atoms with Crippen molar-refractivity contribution in [1.29, 1.82) is 0 Å². The summed E-state index contributed by atoms with van der Waals surface area (Å²) < 4.78 is 1.39. The lowest BCUT2D eigenvalue weighted by molar-refractivity contribution is 0.0689. The molecule has 1 aromatic carbocycles. The van der Waals surface area contributed by atoms with Crippen molar-refractivity contribution in [1.82, 2.24) is 9.78 Å². The molecular weight excluding hydrogens is 256 g/mol. The minimum absolute atomic E-state index is 0.0726. The number of benzene rings is 1. The molecule has 2 N–H and O–H groups in total. The highest BCUT2D eigenvalue weighted by atomic mass is 35.5. The van der Waals surface area contributed by atoms with Gasteiger partial charge in [-0.05, 0) is 24.6 Å². The van der Waals surface area contributed by atoms with Crippen LogP contribution in [0.5, 0.6) is 5.75 Å². The van der Waals surface area contributed by atoms with E-state index in [1.807, 2.05) is 0 Å². The summed E-state index contributed by atoms with van der Waals surface area (Å²) in [6.45, 7) is 1.78. The number of carboxylic acid groups (broad SMARTS) is 1. The Kier molecular flexibility index (Phi) is 3.00. The summed E-state index contributed by atoms with van der Waals surface area (Å²) in [5.41, 5.74) is 1.61. The largest absolute Gasteiger partial charge is 0.506 e. The van der Waals surface area contributed by atoms with Gasteiger partial charge in [0.2, 0.25) is 0 Å². The highest BCUT2D eigenvalue weighted by Crippen LogP contribution is 2.37. The van der Waals surface area contributed by atoms with Crippen LogP contribution in [-0.2, 0) is 7.05 Å². The number of aryl methyl sites for hydroxylation is 2. The smallest absolute Gasteiger partial charge is 0.356 e. The van der Waals surface area contributed by atoms with E-state index in [1.165, 1.54) is 10.7 Å². The molecule has 0 bridgehead atoms. The standard InChI is InChI=1S/C12H11ClN2O3/c1-6-3-4-7(11(16)10(6)13)9-5-8(12(17)18)14-15(9)2/h3-5,16H,1-2H3,(H,17,18). The van der Waals surface area contributed by atoms with E-state index in [0.29, 0.717) is 11.3 Å². The highest BCUT2D eigenvalue weighted by molar-refractivity contribution is 6.33. The van der Waals surface area contributed by atoms with Gasteiger partial charge >= 0.3 is 5.97 Å². The second-order valence-corrected chi connectivity index (χ2v) is 4.31. The topological polar surface area (TPSA) is 75.3 Å². The first-order chi connectivity index (χ1) is 8.41. The second kappa shape index (κ2) is 4.34. The number of hydrogen-bond acceptors (Lipinski definition) is 3. The Morgan fingerprint density at radius 1 is 1.44 bits per heavy atom. The zero-order chi connectivity index (χ0) is 13.4. The van der Waals surface area contributed by atoms with Crippen LogP contribution in [0, 0.1) is 6.92 Å². The van der Waals surface area contributed by atoms with E-state index in [1.54, 1.807) is 26.1 Å². The maximum Gasteiger partial charge on any atom is 0.356 e. The third-order valence-corrected chi connectivity index (χ3v) is 3.16. The molecule has 18 heavy (non-hydrogen) atoms. The number of hydrogen-bond donors (Lipinski definition) is 2. The van der Waals surface area contributed by atoms with Gasteiger partial charge in [0.1, 0.15) is 5.75 Å². The number of carboxylic acids is 1. The molecule has 0 unspecified atom stereocenters. The number of rotatable bonds is 2. The summed E-state index contributed by atoms with van der Waals surface area (Å²) in [6.07, 6.45) is 0. The van der Waals surface area contributed by atoms with Crippen molar-refractivity contribution in [3.63, 3.8) is 0 Å². The predicted octanol–water partition coefficient (Wildman–Crippen LogP) is 2.45. The van der Waals surface area contributed by atoms with Gasteiger partial charge < -0.3 is 10.2 Å². The molecule has 0 spiro atoms. The van der Waals surface area contributed by atoms with Gasteiger partial charge in [-0.1, -0.05) is 17.7 Å². The van der Waals surface area contributed by atoms with E-state index in [4.69, 9.17) is 16.7 Å². The number of halogens is 1. The Morgan fingerprint density at radius 3 is 2.67 bits per heavy atom. The van der Waals surface area contributed by atoms with E-state index in [0.717, 1.165) is 5.56 Å². The quantitative estimate of drug-likeness (QED) is 0.875. The summed E-state index contributed by atoms with van der Waals surface area (Å²) >= 11 is 5.96. The zero-order valence-corrected chi connectivity index (χ0v) is 10.6. The van der Waals surface area contributed by atoms with Crippen molar-refractivity contribution in [2.24, 2.45) is 7.05 Å². The van der Waals surface area contributed by atoms with Crippen molar-refractivity contribution in [3.05, 3.63) is 34.5 Å². The number of aromatic hydroxyl groups is 1. The molecule has 0 radical (unpaired) electrons. The van der Waals surface area contributed by atoms with Crippen LogP contribution < -0.4 is 0 Å². The molecular formula is C12H11ClN2O3. The SMILES string of the molecule is Cc1ccc(-c2cc(C(=O)O)nn2C)c(O)c1Cl. The van der Waals surface area contributed by atoms with Gasteiger partial charge in [-0.2, -0.15) is 5.10 Å². The van der Waals surface area contributed by atoms with Gasteiger partial charge in [0, 0.05) is 12.6 Å². The molecule has 0 saturated carbocycles. The van der Waals surface area contributed by atoms with Crippen molar-refractivity contribution < 1.29 is 15.0 Å². The number of aromatic carboxylic acids is 1. The van der Waals surface area contributed by atoms with Gasteiger partial charge in [-0.15, -0.1) is 0 Å². The molecule has 1 heterocycles. The van der Waals surface area contributed by atoms with E-state index in [9.17, 15) is 9.90 Å². The number of nitrogens with zero attached hydrogens (tertiary/aromatic N) is 2. The maximum absolute atomic E-state index is 10.8. The number of carbonyl (C=O) groups is 1. The molecule has 0 atom stereocenters. The average Bonchev–Trinajstić information content (AvgIpc) is 2.69. The molecule has 0 saturated heterocycles. The third-order valence-electron chi connectivity index (χ3n) is 2.68. The Bertz CT molecular complexity index is 634. The summed E-state index contributed by atoms with van der Waals surface area (Å²) in [4.78, 5) is 10.8. The predicted molar refractivity (Wildman–Crippen MR) is 67.0 cm³/mol. The summed E-state index contributed by atoms with van der Waals surface area (Å²) in [5.74, 6) is -1.19. The second-order valence-electron chi connectivity index (χ2n) is 3.94. The Hall–Kier alpha value is -2.01. The fourth-order valence-corrected chi connectivity index (χ4v) is 1.86. The molecule has 0 aliphatic rings. The van der Waals surface area contributed by atoms with Crippen molar-refractivity contribution in [2.45, 2.75) is 6.92 Å². The van der Waals surface area contributed by atoms with E-state index < -0.39 is 5.97 Å². The van der Waals surface area contributed by atoms with Crippen molar-refractivity contribution >= 4 is 17.6 Å². The normalized spacial score (nSPS) is 10.6. The molecule has 6 heteroatoms. The van der Waals surface area contributed by atoms with E-state index in [-0.39, 0.29) is 16.5 Å². The molecule has 5 nitrogen and oxygen atoms in total. The van der Waals surface area contributed by atoms with Gasteiger partial charge in [0.05, 0.1) is 10.7 Å². The minimum atomic E-state index is -1.12. The van der Waals surface area contributed by atoms with Crippen LogP contribution in [0.4, 0.5) is 0 Å². The average molecular weight is 267 g/mol. The van der Waals surface area contributed by atoms with Gasteiger partial charge in [0.25, 0.3) is 0 Å². The summed E-state index contributed by atoms with van der Waals surface area (Å²) in [5, 5.41) is 23.0. The molecule has 1 aromatic heterocycles. The van der Waals surface area contributed by atoms with Crippen molar-refractivity contribution in [3.8, 4) is 17.0 Å². The molecule has 2 rings (SSSR count). The lowest BCUT2D eigenvalue weighted by atomic mass is 10.1. The summed E-state index contributed by atoms with van der Waals surface area (Å²) in [6, 6.07) is 4.83. The van der Waals surface area contributed by atoms with Crippen LogP contribution in [0.25, 0.3) is 11.3 Å². The Morgan fingerprint density at radius 2 is 2.11 bits per heavy atom. The number of phenols is 1. The number of phenolic OH excluding ortho intramolecular Hbond substituents is 1. The zero-order valence-electron chi connectivity index (χ0n) is 9.81. The molecule has 0 aliphatic carbocycles.